The van der Waals surface area contributed by atoms with Crippen LogP contribution in [0.5, 0.6) is 0 Å². The van der Waals surface area contributed by atoms with Crippen molar-refractivity contribution in [3.05, 3.63) is 0 Å². The maximum Gasteiger partial charge on any atom is 1.00 e. The van der Waals surface area contributed by atoms with E-state index in [-0.39, 0.29) is 24.8 Å². The van der Waals surface area contributed by atoms with Crippen molar-refractivity contribution in [2.24, 2.45) is 0 Å². The molecule has 0 aromatic rings. The van der Waals surface area contributed by atoms with Gasteiger partial charge in [0, 0.05) is 13.5 Å². The van der Waals surface area contributed by atoms with Gasteiger partial charge in [-0.15, -0.1) is 0 Å². The number of aliphatic carboxylic acids is 1. The van der Waals surface area contributed by atoms with Crippen molar-refractivity contribution in [2.45, 2.75) is 25.8 Å². The molecule has 0 radical (unpaired) electrons. The average molecular weight is 163 g/mol. The summed E-state index contributed by atoms with van der Waals surface area (Å²) >= 11 is 0. The summed E-state index contributed by atoms with van der Waals surface area (Å²) in [5.74, 6) is -1.32. The van der Waals surface area contributed by atoms with Gasteiger partial charge in [0.2, 0.25) is 5.91 Å². The summed E-state index contributed by atoms with van der Waals surface area (Å²) in [6.07, 6.45) is 1.29. The predicted octanol–water partition coefficient (Wildman–Crippen LogP) is -4.25. The average Bonchev–Trinajstić information content (AvgIpc) is 2.32. The maximum absolute atomic E-state index is 10.8. The van der Waals surface area contributed by atoms with Crippen molar-refractivity contribution in [1.29, 1.82) is 0 Å². The Morgan fingerprint density at radius 3 is 2.42 bits per heavy atom. The molecular formula is C7H10LiNO3. The van der Waals surface area contributed by atoms with Crippen LogP contribution in [-0.2, 0) is 9.59 Å². The first-order valence-electron chi connectivity index (χ1n) is 3.61. The molecule has 1 saturated heterocycles. The molecule has 0 bridgehead atoms. The van der Waals surface area contributed by atoms with E-state index in [0.29, 0.717) is 13.0 Å². The van der Waals surface area contributed by atoms with E-state index >= 15 is 0 Å². The molecule has 1 amide bonds. The Bertz CT molecular complexity index is 175. The van der Waals surface area contributed by atoms with Crippen molar-refractivity contribution in [2.75, 3.05) is 6.54 Å². The number of nitrogens with zero attached hydrogens (tertiary/aromatic N) is 1. The minimum absolute atomic E-state index is 0. The first-order valence-corrected chi connectivity index (χ1v) is 3.61. The van der Waals surface area contributed by atoms with E-state index in [2.05, 4.69) is 0 Å². The van der Waals surface area contributed by atoms with Gasteiger partial charge in [-0.25, -0.2) is 0 Å². The van der Waals surface area contributed by atoms with Crippen LogP contribution in [0.4, 0.5) is 0 Å². The van der Waals surface area contributed by atoms with Gasteiger partial charge in [-0.05, 0) is 12.8 Å². The molecule has 0 unspecified atom stereocenters. The fourth-order valence-electron chi connectivity index (χ4n) is 1.39. The zero-order valence-corrected chi connectivity index (χ0v) is 7.37. The second-order valence-electron chi connectivity index (χ2n) is 2.69. The van der Waals surface area contributed by atoms with Crippen molar-refractivity contribution < 1.29 is 33.6 Å². The molecule has 1 aliphatic heterocycles. The van der Waals surface area contributed by atoms with E-state index < -0.39 is 12.0 Å². The summed E-state index contributed by atoms with van der Waals surface area (Å²) in [5.41, 5.74) is 0. The summed E-state index contributed by atoms with van der Waals surface area (Å²) in [7, 11) is 0. The van der Waals surface area contributed by atoms with E-state index in [4.69, 9.17) is 0 Å². The molecule has 0 aliphatic carbocycles. The Kier molecular flexibility index (Phi) is 4.36. The van der Waals surface area contributed by atoms with E-state index in [9.17, 15) is 14.7 Å². The topological polar surface area (TPSA) is 60.4 Å². The number of carboxylic acid groups (broad SMARTS) is 1. The quantitative estimate of drug-likeness (QED) is 0.368. The molecule has 0 spiro atoms. The molecule has 1 fully saturated rings. The largest absolute Gasteiger partial charge is 1.00 e. The molecule has 62 valence electrons. The number of carbonyl (C=O) groups excluding carboxylic acids is 2. The van der Waals surface area contributed by atoms with Crippen LogP contribution in [0, 0.1) is 0 Å². The fraction of sp³-hybridized carbons (Fsp3) is 0.714. The Hall–Kier alpha value is -0.463. The Labute approximate surface area is 83.1 Å². The Morgan fingerprint density at radius 1 is 1.50 bits per heavy atom. The molecule has 5 heteroatoms. The molecule has 0 aromatic heterocycles. The van der Waals surface area contributed by atoms with Gasteiger partial charge in [0.05, 0.1) is 12.0 Å². The predicted molar refractivity (Wildman–Crippen MR) is 35.4 cm³/mol. The van der Waals surface area contributed by atoms with E-state index in [1.54, 1.807) is 0 Å². The van der Waals surface area contributed by atoms with Crippen molar-refractivity contribution in [1.82, 2.24) is 4.90 Å². The molecule has 1 rings (SSSR count). The number of amides is 1. The second kappa shape index (κ2) is 4.54. The number of rotatable bonds is 1. The van der Waals surface area contributed by atoms with Crippen LogP contribution in [0.1, 0.15) is 19.8 Å². The maximum atomic E-state index is 10.8. The van der Waals surface area contributed by atoms with Crippen LogP contribution in [0.2, 0.25) is 0 Å². The van der Waals surface area contributed by atoms with Crippen molar-refractivity contribution in [3.63, 3.8) is 0 Å². The molecule has 1 heterocycles. The fourth-order valence-corrected chi connectivity index (χ4v) is 1.39. The molecule has 1 atom stereocenters. The second-order valence-corrected chi connectivity index (χ2v) is 2.69. The van der Waals surface area contributed by atoms with Gasteiger partial charge in [0.25, 0.3) is 0 Å². The van der Waals surface area contributed by atoms with Gasteiger partial charge < -0.3 is 14.8 Å². The van der Waals surface area contributed by atoms with Crippen LogP contribution in [0.25, 0.3) is 0 Å². The Balaban J connectivity index is 0.00000121. The molecule has 0 saturated carbocycles. The van der Waals surface area contributed by atoms with Gasteiger partial charge in [-0.3, -0.25) is 4.79 Å². The van der Waals surface area contributed by atoms with E-state index in [1.807, 2.05) is 0 Å². The minimum Gasteiger partial charge on any atom is -0.548 e. The third kappa shape index (κ3) is 2.26. The minimum atomic E-state index is -1.14. The SMILES string of the molecule is CC(=O)N1CCC[C@H]1C(=O)[O-].[Li+]. The molecule has 12 heavy (non-hydrogen) atoms. The van der Waals surface area contributed by atoms with Gasteiger partial charge in [-0.2, -0.15) is 0 Å². The van der Waals surface area contributed by atoms with Gasteiger partial charge in [0.15, 0.2) is 0 Å². The van der Waals surface area contributed by atoms with Crippen LogP contribution in [0.3, 0.4) is 0 Å². The van der Waals surface area contributed by atoms with Crippen LogP contribution < -0.4 is 24.0 Å². The summed E-state index contributed by atoms with van der Waals surface area (Å²) in [4.78, 5) is 22.5. The molecule has 4 nitrogen and oxygen atoms in total. The standard InChI is InChI=1S/C7H11NO3.Li/c1-5(9)8-4-2-3-6(8)7(10)11;/h6H,2-4H2,1H3,(H,10,11);/q;+1/p-1/t6-;/m0./s1. The summed E-state index contributed by atoms with van der Waals surface area (Å²) in [5, 5.41) is 10.4. The number of hydrogen-bond donors (Lipinski definition) is 0. The summed E-state index contributed by atoms with van der Waals surface area (Å²) in [6.45, 7) is 1.93. The van der Waals surface area contributed by atoms with Crippen LogP contribution in [0.15, 0.2) is 0 Å². The van der Waals surface area contributed by atoms with Crippen molar-refractivity contribution >= 4 is 11.9 Å². The van der Waals surface area contributed by atoms with Gasteiger partial charge >= 0.3 is 18.9 Å². The molecule has 0 aromatic carbocycles. The summed E-state index contributed by atoms with van der Waals surface area (Å²) in [6, 6.07) is -0.688. The van der Waals surface area contributed by atoms with E-state index in [1.165, 1.54) is 11.8 Å². The number of likely N-dealkylation sites (tertiary alicyclic amines) is 1. The molecular weight excluding hydrogens is 153 g/mol. The van der Waals surface area contributed by atoms with Gasteiger partial charge in [-0.1, -0.05) is 0 Å². The number of hydrogen-bond acceptors (Lipinski definition) is 3. The van der Waals surface area contributed by atoms with Gasteiger partial charge in [0.1, 0.15) is 0 Å². The first-order chi connectivity index (χ1) is 5.13. The third-order valence-electron chi connectivity index (χ3n) is 1.93. The van der Waals surface area contributed by atoms with Crippen LogP contribution in [-0.4, -0.2) is 29.4 Å². The zero-order chi connectivity index (χ0) is 8.43. The number of carboxylic acids is 1. The third-order valence-corrected chi connectivity index (χ3v) is 1.93. The zero-order valence-electron chi connectivity index (χ0n) is 7.37. The molecule has 0 N–H and O–H groups in total. The van der Waals surface area contributed by atoms with E-state index in [0.717, 1.165) is 6.42 Å². The number of carbonyl (C=O) groups is 2. The van der Waals surface area contributed by atoms with Crippen molar-refractivity contribution in [3.8, 4) is 0 Å². The van der Waals surface area contributed by atoms with Crippen LogP contribution >= 0.6 is 0 Å². The summed E-state index contributed by atoms with van der Waals surface area (Å²) < 4.78 is 0. The smallest absolute Gasteiger partial charge is 0.548 e. The Morgan fingerprint density at radius 2 is 2.08 bits per heavy atom. The normalized spacial score (nSPS) is 21.8. The monoisotopic (exact) mass is 163 g/mol. The molecule has 1 aliphatic rings. The first kappa shape index (κ1) is 11.5.